The highest BCUT2D eigenvalue weighted by molar-refractivity contribution is 7.92. The highest BCUT2D eigenvalue weighted by Crippen LogP contribution is 2.24. The van der Waals surface area contributed by atoms with Gasteiger partial charge in [-0.15, -0.1) is 0 Å². The van der Waals surface area contributed by atoms with Gasteiger partial charge in [-0.25, -0.2) is 8.42 Å². The zero-order valence-electron chi connectivity index (χ0n) is 12.0. The second-order valence-corrected chi connectivity index (χ2v) is 6.67. The molecule has 0 amide bonds. The van der Waals surface area contributed by atoms with Crippen LogP contribution in [0.3, 0.4) is 0 Å². The van der Waals surface area contributed by atoms with Crippen LogP contribution in [0.1, 0.15) is 25.3 Å². The molecule has 112 valence electrons. The van der Waals surface area contributed by atoms with Crippen molar-refractivity contribution in [2.45, 2.75) is 24.7 Å². The topological polar surface area (TPSA) is 84.2 Å². The van der Waals surface area contributed by atoms with Gasteiger partial charge in [-0.3, -0.25) is 10.6 Å². The van der Waals surface area contributed by atoms with Crippen LogP contribution in [-0.4, -0.2) is 8.42 Å². The Kier molecular flexibility index (Phi) is 4.50. The molecule has 0 saturated carbocycles. The molecule has 4 N–H and O–H groups in total. The Morgan fingerprint density at radius 2 is 1.62 bits per heavy atom. The van der Waals surface area contributed by atoms with Crippen molar-refractivity contribution in [3.63, 3.8) is 0 Å². The molecular weight excluding hydrogens is 286 g/mol. The highest BCUT2D eigenvalue weighted by Gasteiger charge is 2.17. The van der Waals surface area contributed by atoms with Crippen LogP contribution in [0, 0.1) is 0 Å². The first-order chi connectivity index (χ1) is 9.94. The molecule has 0 aromatic heterocycles. The van der Waals surface area contributed by atoms with E-state index in [2.05, 4.69) is 24.0 Å². The number of hydrogen-bond acceptors (Lipinski definition) is 4. The smallest absolute Gasteiger partial charge is 0.264 e. The molecule has 5 nitrogen and oxygen atoms in total. The Balaban J connectivity index is 2.29. The van der Waals surface area contributed by atoms with Crippen LogP contribution in [0.5, 0.6) is 0 Å². The van der Waals surface area contributed by atoms with E-state index in [9.17, 15) is 8.42 Å². The van der Waals surface area contributed by atoms with Crippen LogP contribution in [0.2, 0.25) is 0 Å². The standard InChI is InChI=1S/C15H19N3O2S/c1-11(2)12-7-9-13(10-8-12)18-21(19,20)15-6-4-3-5-14(15)17-16/h3-11,17-18H,16H2,1-2H3. The molecule has 0 fully saturated rings. The molecule has 0 aliphatic heterocycles. The SMILES string of the molecule is CC(C)c1ccc(NS(=O)(=O)c2ccccc2NN)cc1. The fraction of sp³-hybridized carbons (Fsp3) is 0.200. The van der Waals surface area contributed by atoms with Crippen molar-refractivity contribution in [1.82, 2.24) is 0 Å². The predicted molar refractivity (Wildman–Crippen MR) is 85.6 cm³/mol. The van der Waals surface area contributed by atoms with Crippen molar-refractivity contribution in [3.05, 3.63) is 54.1 Å². The predicted octanol–water partition coefficient (Wildman–Crippen LogP) is 2.90. The molecule has 0 atom stereocenters. The number of benzene rings is 2. The number of nitrogen functional groups attached to an aromatic ring is 1. The summed E-state index contributed by atoms with van der Waals surface area (Å²) >= 11 is 0. The fourth-order valence-electron chi connectivity index (χ4n) is 1.97. The molecule has 21 heavy (non-hydrogen) atoms. The number of hydrogen-bond donors (Lipinski definition) is 3. The number of rotatable bonds is 5. The van der Waals surface area contributed by atoms with Crippen molar-refractivity contribution in [2.24, 2.45) is 5.84 Å². The van der Waals surface area contributed by atoms with Gasteiger partial charge in [0.1, 0.15) is 4.90 Å². The van der Waals surface area contributed by atoms with Crippen LogP contribution in [-0.2, 0) is 10.0 Å². The number of nitrogens with one attached hydrogen (secondary N) is 2. The lowest BCUT2D eigenvalue weighted by Crippen LogP contribution is -2.17. The summed E-state index contributed by atoms with van der Waals surface area (Å²) in [5.41, 5.74) is 4.42. The minimum atomic E-state index is -3.68. The Morgan fingerprint density at radius 1 is 1.00 bits per heavy atom. The second kappa shape index (κ2) is 6.15. The maximum atomic E-state index is 12.4. The Labute approximate surface area is 125 Å². The number of hydrazine groups is 1. The molecule has 0 aliphatic carbocycles. The normalized spacial score (nSPS) is 11.4. The average Bonchev–Trinajstić information content (AvgIpc) is 2.47. The summed E-state index contributed by atoms with van der Waals surface area (Å²) < 4.78 is 27.3. The van der Waals surface area contributed by atoms with Crippen molar-refractivity contribution < 1.29 is 8.42 Å². The maximum Gasteiger partial charge on any atom is 0.264 e. The van der Waals surface area contributed by atoms with Crippen LogP contribution in [0.25, 0.3) is 0 Å². The number of sulfonamides is 1. The second-order valence-electron chi connectivity index (χ2n) is 5.02. The van der Waals surface area contributed by atoms with E-state index in [1.54, 1.807) is 30.3 Å². The number of anilines is 2. The Hall–Kier alpha value is -2.05. The van der Waals surface area contributed by atoms with Crippen LogP contribution < -0.4 is 16.0 Å². The van der Waals surface area contributed by atoms with E-state index in [1.165, 1.54) is 6.07 Å². The van der Waals surface area contributed by atoms with E-state index in [0.717, 1.165) is 5.56 Å². The van der Waals surface area contributed by atoms with Gasteiger partial charge in [0.05, 0.1) is 5.69 Å². The van der Waals surface area contributed by atoms with E-state index < -0.39 is 10.0 Å². The minimum absolute atomic E-state index is 0.112. The quantitative estimate of drug-likeness (QED) is 0.586. The van der Waals surface area contributed by atoms with Crippen LogP contribution in [0.15, 0.2) is 53.4 Å². The molecule has 0 spiro atoms. The maximum absolute atomic E-state index is 12.4. The molecule has 0 saturated heterocycles. The summed E-state index contributed by atoms with van der Waals surface area (Å²) in [5.74, 6) is 5.75. The van der Waals surface area contributed by atoms with Gasteiger partial charge in [0.2, 0.25) is 0 Å². The molecule has 0 aliphatic rings. The zero-order valence-corrected chi connectivity index (χ0v) is 12.8. The molecule has 0 unspecified atom stereocenters. The zero-order chi connectivity index (χ0) is 15.5. The van der Waals surface area contributed by atoms with Crippen molar-refractivity contribution in [2.75, 3.05) is 10.1 Å². The van der Waals surface area contributed by atoms with Gasteiger partial charge in [-0.1, -0.05) is 38.1 Å². The van der Waals surface area contributed by atoms with Gasteiger partial charge in [0.25, 0.3) is 10.0 Å². The largest absolute Gasteiger partial charge is 0.323 e. The van der Waals surface area contributed by atoms with Gasteiger partial charge in [0.15, 0.2) is 0 Å². The summed E-state index contributed by atoms with van der Waals surface area (Å²) in [5, 5.41) is 0. The molecule has 2 rings (SSSR count). The van der Waals surface area contributed by atoms with Gasteiger partial charge in [0, 0.05) is 5.69 Å². The van der Waals surface area contributed by atoms with Crippen molar-refractivity contribution in [3.8, 4) is 0 Å². The van der Waals surface area contributed by atoms with Gasteiger partial charge >= 0.3 is 0 Å². The molecular formula is C15H19N3O2S. The lowest BCUT2D eigenvalue weighted by Gasteiger charge is -2.12. The fourth-order valence-corrected chi connectivity index (χ4v) is 3.20. The third-order valence-electron chi connectivity index (χ3n) is 3.16. The van der Waals surface area contributed by atoms with Gasteiger partial charge in [-0.2, -0.15) is 0 Å². The van der Waals surface area contributed by atoms with Crippen LogP contribution >= 0.6 is 0 Å². The summed E-state index contributed by atoms with van der Waals surface area (Å²) in [6.07, 6.45) is 0. The monoisotopic (exact) mass is 305 g/mol. The average molecular weight is 305 g/mol. The van der Waals surface area contributed by atoms with E-state index in [1.807, 2.05) is 12.1 Å². The van der Waals surface area contributed by atoms with Gasteiger partial charge in [-0.05, 0) is 35.7 Å². The third-order valence-corrected chi connectivity index (χ3v) is 4.60. The first-order valence-electron chi connectivity index (χ1n) is 6.62. The van der Waals surface area contributed by atoms with E-state index >= 15 is 0 Å². The molecule has 0 bridgehead atoms. The first-order valence-corrected chi connectivity index (χ1v) is 8.11. The van der Waals surface area contributed by atoms with E-state index in [4.69, 9.17) is 5.84 Å². The highest BCUT2D eigenvalue weighted by atomic mass is 32.2. The third kappa shape index (κ3) is 3.53. The Bertz CT molecular complexity index is 710. The number of para-hydroxylation sites is 1. The lowest BCUT2D eigenvalue weighted by molar-refractivity contribution is 0.601. The van der Waals surface area contributed by atoms with Gasteiger partial charge < -0.3 is 5.43 Å². The Morgan fingerprint density at radius 3 is 2.19 bits per heavy atom. The molecule has 0 radical (unpaired) electrons. The van der Waals surface area contributed by atoms with E-state index in [-0.39, 0.29) is 4.90 Å². The summed E-state index contributed by atoms with van der Waals surface area (Å²) in [6, 6.07) is 13.8. The molecule has 2 aromatic rings. The molecule has 0 heterocycles. The summed E-state index contributed by atoms with van der Waals surface area (Å²) in [7, 11) is -3.68. The molecule has 6 heteroatoms. The number of nitrogens with two attached hydrogens (primary N) is 1. The summed E-state index contributed by atoms with van der Waals surface area (Å²) in [4.78, 5) is 0.112. The van der Waals surface area contributed by atoms with Crippen LogP contribution in [0.4, 0.5) is 11.4 Å². The van der Waals surface area contributed by atoms with Crippen molar-refractivity contribution in [1.29, 1.82) is 0 Å². The summed E-state index contributed by atoms with van der Waals surface area (Å²) in [6.45, 7) is 4.17. The first kappa shape index (κ1) is 15.3. The molecule has 2 aromatic carbocycles. The van der Waals surface area contributed by atoms with Crippen molar-refractivity contribution >= 4 is 21.4 Å². The lowest BCUT2D eigenvalue weighted by atomic mass is 10.0. The van der Waals surface area contributed by atoms with E-state index in [0.29, 0.717) is 17.3 Å². The minimum Gasteiger partial charge on any atom is -0.323 e.